The molecular formula is C13H17NO2. The van der Waals surface area contributed by atoms with Gasteiger partial charge in [-0.2, -0.15) is 0 Å². The molecule has 0 bridgehead atoms. The normalized spacial score (nSPS) is 23.4. The van der Waals surface area contributed by atoms with E-state index < -0.39 is 0 Å². The van der Waals surface area contributed by atoms with Gasteiger partial charge in [-0.3, -0.25) is 0 Å². The van der Waals surface area contributed by atoms with Crippen LogP contribution in [0.2, 0.25) is 0 Å². The van der Waals surface area contributed by atoms with Crippen molar-refractivity contribution in [2.24, 2.45) is 0 Å². The molecule has 0 amide bonds. The van der Waals surface area contributed by atoms with Crippen LogP contribution >= 0.6 is 0 Å². The highest BCUT2D eigenvalue weighted by molar-refractivity contribution is 5.54. The van der Waals surface area contributed by atoms with Gasteiger partial charge in [0.05, 0.1) is 0 Å². The number of nitrogens with one attached hydrogen (secondary N) is 1. The van der Waals surface area contributed by atoms with Crippen molar-refractivity contribution in [3.63, 3.8) is 0 Å². The van der Waals surface area contributed by atoms with Gasteiger partial charge in [0.1, 0.15) is 0 Å². The van der Waals surface area contributed by atoms with Crippen LogP contribution in [0, 0.1) is 6.92 Å². The molecule has 3 rings (SSSR count). The fourth-order valence-electron chi connectivity index (χ4n) is 2.59. The maximum Gasteiger partial charge on any atom is 0.231 e. The molecule has 3 heteroatoms. The summed E-state index contributed by atoms with van der Waals surface area (Å²) in [5, 5.41) is 3.44. The molecule has 16 heavy (non-hydrogen) atoms. The molecule has 0 aliphatic carbocycles. The van der Waals surface area contributed by atoms with Gasteiger partial charge in [0.15, 0.2) is 11.5 Å². The van der Waals surface area contributed by atoms with E-state index >= 15 is 0 Å². The summed E-state index contributed by atoms with van der Waals surface area (Å²) < 4.78 is 11.1. The van der Waals surface area contributed by atoms with Crippen molar-refractivity contribution >= 4 is 0 Å². The standard InChI is InChI=1S/C13H17NO2/c1-9-4-5-11(10-3-2-6-14-7-10)13-12(9)15-8-16-13/h4-5,10,14H,2-3,6-8H2,1H3. The summed E-state index contributed by atoms with van der Waals surface area (Å²) in [5.74, 6) is 2.50. The fourth-order valence-corrected chi connectivity index (χ4v) is 2.59. The van der Waals surface area contributed by atoms with E-state index in [-0.39, 0.29) is 0 Å². The predicted molar refractivity (Wildman–Crippen MR) is 62.1 cm³/mol. The van der Waals surface area contributed by atoms with Gasteiger partial charge in [0.2, 0.25) is 6.79 Å². The van der Waals surface area contributed by atoms with Crippen LogP contribution in [-0.2, 0) is 0 Å². The topological polar surface area (TPSA) is 30.5 Å². The second kappa shape index (κ2) is 3.98. The average Bonchev–Trinajstić information content (AvgIpc) is 2.81. The van der Waals surface area contributed by atoms with E-state index in [1.54, 1.807) is 0 Å². The summed E-state index contributed by atoms with van der Waals surface area (Å²) in [4.78, 5) is 0. The smallest absolute Gasteiger partial charge is 0.231 e. The number of rotatable bonds is 1. The van der Waals surface area contributed by atoms with Gasteiger partial charge in [0.25, 0.3) is 0 Å². The first-order valence-corrected chi connectivity index (χ1v) is 5.96. The molecule has 2 aliphatic rings. The molecule has 1 fully saturated rings. The number of aryl methyl sites for hydroxylation is 1. The van der Waals surface area contributed by atoms with Crippen LogP contribution in [0.4, 0.5) is 0 Å². The van der Waals surface area contributed by atoms with E-state index in [0.717, 1.165) is 24.6 Å². The average molecular weight is 219 g/mol. The number of fused-ring (bicyclic) bond motifs is 1. The molecule has 1 unspecified atom stereocenters. The molecule has 1 N–H and O–H groups in total. The van der Waals surface area contributed by atoms with Gasteiger partial charge >= 0.3 is 0 Å². The molecular weight excluding hydrogens is 202 g/mol. The SMILES string of the molecule is Cc1ccc(C2CCCNC2)c2c1OCO2. The van der Waals surface area contributed by atoms with Crippen LogP contribution in [0.3, 0.4) is 0 Å². The van der Waals surface area contributed by atoms with Gasteiger partial charge in [-0.05, 0) is 31.9 Å². The van der Waals surface area contributed by atoms with Crippen molar-refractivity contribution in [3.8, 4) is 11.5 Å². The monoisotopic (exact) mass is 219 g/mol. The van der Waals surface area contributed by atoms with Crippen molar-refractivity contribution < 1.29 is 9.47 Å². The molecule has 1 aromatic rings. The first kappa shape index (κ1) is 9.97. The number of hydrogen-bond donors (Lipinski definition) is 1. The second-order valence-corrected chi connectivity index (χ2v) is 4.58. The van der Waals surface area contributed by atoms with Crippen LogP contribution in [0.5, 0.6) is 11.5 Å². The molecule has 1 aromatic carbocycles. The summed E-state index contributed by atoms with van der Waals surface area (Å²) in [7, 11) is 0. The van der Waals surface area contributed by atoms with Gasteiger partial charge in [-0.1, -0.05) is 12.1 Å². The zero-order chi connectivity index (χ0) is 11.0. The van der Waals surface area contributed by atoms with E-state index in [2.05, 4.69) is 24.4 Å². The predicted octanol–water partition coefficient (Wildman–Crippen LogP) is 2.19. The highest BCUT2D eigenvalue weighted by atomic mass is 16.7. The number of benzene rings is 1. The summed E-state index contributed by atoms with van der Waals surface area (Å²) in [6.45, 7) is 4.63. The number of piperidine rings is 1. The Labute approximate surface area is 95.8 Å². The van der Waals surface area contributed by atoms with Crippen molar-refractivity contribution in [2.45, 2.75) is 25.7 Å². The van der Waals surface area contributed by atoms with Crippen LogP contribution in [0.1, 0.15) is 29.9 Å². The van der Waals surface area contributed by atoms with Crippen molar-refractivity contribution in [1.82, 2.24) is 5.32 Å². The molecule has 86 valence electrons. The van der Waals surface area contributed by atoms with Gasteiger partial charge in [0, 0.05) is 18.0 Å². The molecule has 0 spiro atoms. The Morgan fingerprint density at radius 1 is 1.25 bits per heavy atom. The lowest BCUT2D eigenvalue weighted by atomic mass is 9.90. The minimum absolute atomic E-state index is 0.368. The highest BCUT2D eigenvalue weighted by Crippen LogP contribution is 2.42. The molecule has 0 radical (unpaired) electrons. The summed E-state index contributed by atoms with van der Waals surface area (Å²) in [5.41, 5.74) is 2.48. The molecule has 0 saturated carbocycles. The van der Waals surface area contributed by atoms with E-state index in [0.29, 0.717) is 12.7 Å². The Bertz CT molecular complexity index is 397. The molecule has 1 saturated heterocycles. The fraction of sp³-hybridized carbons (Fsp3) is 0.538. The van der Waals surface area contributed by atoms with Gasteiger partial charge < -0.3 is 14.8 Å². The van der Waals surface area contributed by atoms with E-state index in [4.69, 9.17) is 9.47 Å². The highest BCUT2D eigenvalue weighted by Gasteiger charge is 2.25. The maximum atomic E-state index is 5.61. The molecule has 3 nitrogen and oxygen atoms in total. The van der Waals surface area contributed by atoms with Crippen molar-refractivity contribution in [2.75, 3.05) is 19.9 Å². The lowest BCUT2D eigenvalue weighted by molar-refractivity contribution is 0.172. The largest absolute Gasteiger partial charge is 0.453 e. The first-order chi connectivity index (χ1) is 7.86. The Morgan fingerprint density at radius 2 is 2.12 bits per heavy atom. The lowest BCUT2D eigenvalue weighted by Gasteiger charge is -2.24. The second-order valence-electron chi connectivity index (χ2n) is 4.58. The molecule has 1 atom stereocenters. The summed E-state index contributed by atoms with van der Waals surface area (Å²) in [6.07, 6.45) is 2.49. The Morgan fingerprint density at radius 3 is 2.94 bits per heavy atom. The van der Waals surface area contributed by atoms with Gasteiger partial charge in [-0.15, -0.1) is 0 Å². The number of ether oxygens (including phenoxy) is 2. The maximum absolute atomic E-state index is 5.61. The van der Waals surface area contributed by atoms with E-state index in [9.17, 15) is 0 Å². The molecule has 0 aromatic heterocycles. The third-order valence-corrected chi connectivity index (χ3v) is 3.48. The van der Waals surface area contributed by atoms with Crippen LogP contribution < -0.4 is 14.8 Å². The summed E-state index contributed by atoms with van der Waals surface area (Å²) in [6, 6.07) is 4.33. The zero-order valence-electron chi connectivity index (χ0n) is 9.58. The molecule has 2 heterocycles. The Hall–Kier alpha value is -1.22. The minimum atomic E-state index is 0.368. The molecule has 2 aliphatic heterocycles. The third-order valence-electron chi connectivity index (χ3n) is 3.48. The Balaban J connectivity index is 1.98. The quantitative estimate of drug-likeness (QED) is 0.785. The van der Waals surface area contributed by atoms with Crippen LogP contribution in [0.15, 0.2) is 12.1 Å². The Kier molecular flexibility index (Phi) is 2.48. The van der Waals surface area contributed by atoms with Crippen molar-refractivity contribution in [1.29, 1.82) is 0 Å². The summed E-state index contributed by atoms with van der Waals surface area (Å²) >= 11 is 0. The van der Waals surface area contributed by atoms with Crippen LogP contribution in [-0.4, -0.2) is 19.9 Å². The van der Waals surface area contributed by atoms with Gasteiger partial charge in [-0.25, -0.2) is 0 Å². The van der Waals surface area contributed by atoms with E-state index in [1.165, 1.54) is 24.0 Å². The third kappa shape index (κ3) is 1.55. The lowest BCUT2D eigenvalue weighted by Crippen LogP contribution is -2.28. The van der Waals surface area contributed by atoms with Crippen LogP contribution in [0.25, 0.3) is 0 Å². The number of hydrogen-bond acceptors (Lipinski definition) is 3. The zero-order valence-corrected chi connectivity index (χ0v) is 9.58. The minimum Gasteiger partial charge on any atom is -0.453 e. The van der Waals surface area contributed by atoms with Crippen molar-refractivity contribution in [3.05, 3.63) is 23.3 Å². The first-order valence-electron chi connectivity index (χ1n) is 5.96. The van der Waals surface area contributed by atoms with E-state index in [1.807, 2.05) is 0 Å².